The van der Waals surface area contributed by atoms with Crippen molar-refractivity contribution in [2.45, 2.75) is 20.8 Å². The van der Waals surface area contributed by atoms with Gasteiger partial charge in [0.2, 0.25) is 0 Å². The number of carbonyl (C=O) groups excluding carboxylic acids is 1. The predicted octanol–water partition coefficient (Wildman–Crippen LogP) is 4.35. The maximum Gasteiger partial charge on any atom is 0.164 e. The van der Waals surface area contributed by atoms with Crippen molar-refractivity contribution in [1.29, 1.82) is 0 Å². The lowest BCUT2D eigenvalue weighted by molar-refractivity contribution is -0.121. The molecular formula is C17H18O2. The molecule has 98 valence electrons. The molecule has 0 aliphatic carbocycles. The second-order valence-corrected chi connectivity index (χ2v) is 5.71. The van der Waals surface area contributed by atoms with E-state index in [4.69, 9.17) is 0 Å². The molecule has 0 unspecified atom stereocenters. The number of hydrogen-bond donors (Lipinski definition) is 1. The lowest BCUT2D eigenvalue weighted by atomic mass is 9.90. The average molecular weight is 254 g/mol. The first kappa shape index (κ1) is 13.3. The lowest BCUT2D eigenvalue weighted by Crippen LogP contribution is -2.17. The number of fused-ring (bicyclic) bond motifs is 1. The second-order valence-electron chi connectivity index (χ2n) is 5.71. The van der Waals surface area contributed by atoms with E-state index >= 15 is 0 Å². The third kappa shape index (κ3) is 3.02. The molecule has 0 aliphatic heterocycles. The predicted molar refractivity (Wildman–Crippen MR) is 79.0 cm³/mol. The Labute approximate surface area is 113 Å². The normalized spacial score (nSPS) is 12.7. The zero-order valence-corrected chi connectivity index (χ0v) is 11.5. The molecule has 0 aliphatic rings. The van der Waals surface area contributed by atoms with E-state index in [1.54, 1.807) is 0 Å². The average Bonchev–Trinajstić information content (AvgIpc) is 2.37. The summed E-state index contributed by atoms with van der Waals surface area (Å²) < 4.78 is 0. The highest BCUT2D eigenvalue weighted by Gasteiger charge is 2.19. The Morgan fingerprint density at radius 1 is 1.05 bits per heavy atom. The molecule has 0 atom stereocenters. The first-order chi connectivity index (χ1) is 8.88. The van der Waals surface area contributed by atoms with Crippen molar-refractivity contribution in [2.24, 2.45) is 5.41 Å². The Hall–Kier alpha value is -2.09. The molecule has 19 heavy (non-hydrogen) atoms. The van der Waals surface area contributed by atoms with E-state index in [0.717, 1.165) is 10.8 Å². The maximum absolute atomic E-state index is 11.9. The molecule has 1 N–H and O–H groups in total. The monoisotopic (exact) mass is 254 g/mol. The summed E-state index contributed by atoms with van der Waals surface area (Å²) in [6, 6.07) is 13.6. The maximum atomic E-state index is 11.9. The number of aliphatic hydroxyl groups excluding tert-OH is 1. The summed E-state index contributed by atoms with van der Waals surface area (Å²) in [7, 11) is 0. The van der Waals surface area contributed by atoms with Crippen LogP contribution in [0.2, 0.25) is 0 Å². The summed E-state index contributed by atoms with van der Waals surface area (Å²) in [5, 5.41) is 12.2. The van der Waals surface area contributed by atoms with Gasteiger partial charge in [-0.3, -0.25) is 4.79 Å². The van der Waals surface area contributed by atoms with Crippen molar-refractivity contribution in [2.75, 3.05) is 0 Å². The van der Waals surface area contributed by atoms with E-state index in [2.05, 4.69) is 0 Å². The molecule has 0 aromatic heterocycles. The number of aliphatic hydroxyl groups is 1. The van der Waals surface area contributed by atoms with Crippen LogP contribution in [0, 0.1) is 5.41 Å². The molecule has 2 heteroatoms. The molecule has 0 saturated carbocycles. The largest absolute Gasteiger partial charge is 0.507 e. The van der Waals surface area contributed by atoms with Crippen molar-refractivity contribution < 1.29 is 9.90 Å². The molecule has 0 radical (unpaired) electrons. The molecule has 2 nitrogen and oxygen atoms in total. The van der Waals surface area contributed by atoms with E-state index in [0.29, 0.717) is 5.56 Å². The van der Waals surface area contributed by atoms with Gasteiger partial charge in [-0.15, -0.1) is 0 Å². The Morgan fingerprint density at radius 2 is 1.68 bits per heavy atom. The van der Waals surface area contributed by atoms with Crippen molar-refractivity contribution in [1.82, 2.24) is 0 Å². The van der Waals surface area contributed by atoms with E-state index in [9.17, 15) is 9.90 Å². The van der Waals surface area contributed by atoms with Gasteiger partial charge in [-0.2, -0.15) is 0 Å². The Kier molecular flexibility index (Phi) is 3.43. The summed E-state index contributed by atoms with van der Waals surface area (Å²) in [4.78, 5) is 11.9. The van der Waals surface area contributed by atoms with E-state index in [1.165, 1.54) is 6.08 Å². The standard InChI is InChI=1S/C17H18O2/c1-17(2,3)16(19)11-15(18)14-9-8-12-6-4-5-7-13(12)10-14/h4-11,18H,1-3H3. The fourth-order valence-corrected chi connectivity index (χ4v) is 1.77. The van der Waals surface area contributed by atoms with Crippen LogP contribution >= 0.6 is 0 Å². The number of allylic oxidation sites excluding steroid dienone is 1. The number of hydrogen-bond acceptors (Lipinski definition) is 2. The summed E-state index contributed by atoms with van der Waals surface area (Å²) in [6.07, 6.45) is 1.31. The fraction of sp³-hybridized carbons (Fsp3) is 0.235. The van der Waals surface area contributed by atoms with Gasteiger partial charge in [0.25, 0.3) is 0 Å². The van der Waals surface area contributed by atoms with Gasteiger partial charge in [0.05, 0.1) is 0 Å². The van der Waals surface area contributed by atoms with Gasteiger partial charge in [-0.1, -0.05) is 57.2 Å². The molecule has 0 fully saturated rings. The fourth-order valence-electron chi connectivity index (χ4n) is 1.77. The first-order valence-electron chi connectivity index (χ1n) is 6.32. The second kappa shape index (κ2) is 4.88. The van der Waals surface area contributed by atoms with Crippen molar-refractivity contribution in [3.8, 4) is 0 Å². The first-order valence-corrected chi connectivity index (χ1v) is 6.32. The SMILES string of the molecule is CC(C)(C)C(=O)C=C(O)c1ccc2ccccc2c1. The van der Waals surface area contributed by atoms with Crippen molar-refractivity contribution >= 4 is 22.3 Å². The zero-order chi connectivity index (χ0) is 14.0. The van der Waals surface area contributed by atoms with Gasteiger partial charge < -0.3 is 5.11 Å². The highest BCUT2D eigenvalue weighted by atomic mass is 16.3. The van der Waals surface area contributed by atoms with E-state index in [1.807, 2.05) is 63.2 Å². The summed E-state index contributed by atoms with van der Waals surface area (Å²) in [5.41, 5.74) is 0.182. The molecule has 0 saturated heterocycles. The molecule has 0 heterocycles. The minimum atomic E-state index is -0.481. The summed E-state index contributed by atoms with van der Waals surface area (Å²) >= 11 is 0. The van der Waals surface area contributed by atoms with Crippen LogP contribution < -0.4 is 0 Å². The van der Waals surface area contributed by atoms with Gasteiger partial charge in [0.1, 0.15) is 5.76 Å². The van der Waals surface area contributed by atoms with Crippen LogP contribution in [0.5, 0.6) is 0 Å². The van der Waals surface area contributed by atoms with Gasteiger partial charge in [-0.25, -0.2) is 0 Å². The third-order valence-corrected chi connectivity index (χ3v) is 3.05. The number of ketones is 1. The quantitative estimate of drug-likeness (QED) is 0.639. The van der Waals surface area contributed by atoms with Gasteiger partial charge in [0.15, 0.2) is 5.78 Å². The van der Waals surface area contributed by atoms with Crippen LogP contribution in [0.4, 0.5) is 0 Å². The minimum absolute atomic E-state index is 0.0191. The third-order valence-electron chi connectivity index (χ3n) is 3.05. The van der Waals surface area contributed by atoms with Crippen LogP contribution in [-0.4, -0.2) is 10.9 Å². The number of rotatable bonds is 2. The van der Waals surface area contributed by atoms with Crippen LogP contribution in [0.25, 0.3) is 16.5 Å². The van der Waals surface area contributed by atoms with Crippen LogP contribution in [-0.2, 0) is 4.79 Å². The molecule has 2 aromatic carbocycles. The van der Waals surface area contributed by atoms with Crippen LogP contribution in [0.3, 0.4) is 0 Å². The number of benzene rings is 2. The minimum Gasteiger partial charge on any atom is -0.507 e. The Bertz CT molecular complexity index is 646. The Balaban J connectivity index is 2.39. The lowest BCUT2D eigenvalue weighted by Gasteiger charge is -2.13. The summed E-state index contributed by atoms with van der Waals surface area (Å²) in [6.45, 7) is 5.50. The zero-order valence-electron chi connectivity index (χ0n) is 11.5. The van der Waals surface area contributed by atoms with Gasteiger partial charge >= 0.3 is 0 Å². The van der Waals surface area contributed by atoms with Crippen molar-refractivity contribution in [3.63, 3.8) is 0 Å². The van der Waals surface area contributed by atoms with Crippen molar-refractivity contribution in [3.05, 3.63) is 54.1 Å². The molecule has 2 aromatic rings. The molecule has 2 rings (SSSR count). The van der Waals surface area contributed by atoms with E-state index < -0.39 is 5.41 Å². The Morgan fingerprint density at radius 3 is 2.32 bits per heavy atom. The highest BCUT2D eigenvalue weighted by Crippen LogP contribution is 2.22. The van der Waals surface area contributed by atoms with Crippen LogP contribution in [0.15, 0.2) is 48.5 Å². The molecule has 0 amide bonds. The smallest absolute Gasteiger partial charge is 0.164 e. The molecular weight excluding hydrogens is 236 g/mol. The van der Waals surface area contributed by atoms with Gasteiger partial charge in [-0.05, 0) is 16.8 Å². The summed E-state index contributed by atoms with van der Waals surface area (Å²) in [5.74, 6) is -0.0659. The van der Waals surface area contributed by atoms with Crippen LogP contribution in [0.1, 0.15) is 26.3 Å². The highest BCUT2D eigenvalue weighted by molar-refractivity contribution is 5.99. The topological polar surface area (TPSA) is 37.3 Å². The van der Waals surface area contributed by atoms with E-state index in [-0.39, 0.29) is 11.5 Å². The molecule has 0 bridgehead atoms. The van der Waals surface area contributed by atoms with Gasteiger partial charge in [0, 0.05) is 17.1 Å². The molecule has 0 spiro atoms. The number of carbonyl (C=O) groups is 1.